The first-order valence-corrected chi connectivity index (χ1v) is 7.57. The van der Waals surface area contributed by atoms with E-state index in [2.05, 4.69) is 11.4 Å². The minimum absolute atomic E-state index is 0.0485. The van der Waals surface area contributed by atoms with Crippen LogP contribution in [0.5, 0.6) is 0 Å². The number of alkyl halides is 1. The molecule has 19 heavy (non-hydrogen) atoms. The molecule has 0 aliphatic carbocycles. The maximum Gasteiger partial charge on any atom is 0.265 e. The second-order valence-corrected chi connectivity index (χ2v) is 6.02. The molecular formula is C15H16ClNOS. The van der Waals surface area contributed by atoms with Crippen molar-refractivity contribution in [3.8, 4) is 0 Å². The maximum atomic E-state index is 12.0. The Bertz CT molecular complexity index is 565. The van der Waals surface area contributed by atoms with Crippen molar-refractivity contribution >= 4 is 34.5 Å². The highest BCUT2D eigenvalue weighted by Gasteiger charge is 2.08. The van der Waals surface area contributed by atoms with Crippen LogP contribution in [0.4, 0.5) is 5.69 Å². The monoisotopic (exact) mass is 293 g/mol. The van der Waals surface area contributed by atoms with Crippen LogP contribution in [0.3, 0.4) is 0 Å². The normalized spacial score (nSPS) is 10.4. The summed E-state index contributed by atoms with van der Waals surface area (Å²) in [6, 6.07) is 11.7. The average molecular weight is 294 g/mol. The number of amides is 1. The molecule has 1 heterocycles. The molecule has 1 amide bonds. The molecule has 100 valence electrons. The number of rotatable bonds is 5. The molecule has 0 aliphatic rings. The smallest absolute Gasteiger partial charge is 0.265 e. The summed E-state index contributed by atoms with van der Waals surface area (Å²) >= 11 is 7.19. The van der Waals surface area contributed by atoms with E-state index in [-0.39, 0.29) is 5.91 Å². The highest BCUT2D eigenvalue weighted by molar-refractivity contribution is 7.14. The van der Waals surface area contributed by atoms with E-state index in [0.29, 0.717) is 5.88 Å². The van der Waals surface area contributed by atoms with E-state index in [4.69, 9.17) is 11.6 Å². The molecule has 2 nitrogen and oxygen atoms in total. The van der Waals surface area contributed by atoms with Crippen LogP contribution in [0.1, 0.15) is 26.5 Å². The van der Waals surface area contributed by atoms with E-state index in [1.165, 1.54) is 16.9 Å². The quantitative estimate of drug-likeness (QED) is 0.809. The van der Waals surface area contributed by atoms with E-state index < -0.39 is 0 Å². The zero-order valence-corrected chi connectivity index (χ0v) is 12.4. The van der Waals surface area contributed by atoms with Crippen molar-refractivity contribution in [3.05, 3.63) is 51.7 Å². The third kappa shape index (κ3) is 4.08. The van der Waals surface area contributed by atoms with E-state index in [1.807, 2.05) is 37.3 Å². The maximum absolute atomic E-state index is 12.0. The van der Waals surface area contributed by atoms with E-state index >= 15 is 0 Å². The highest BCUT2D eigenvalue weighted by atomic mass is 35.5. The van der Waals surface area contributed by atoms with Crippen LogP contribution in [0, 0.1) is 6.92 Å². The molecule has 0 spiro atoms. The van der Waals surface area contributed by atoms with Crippen molar-refractivity contribution < 1.29 is 4.79 Å². The summed E-state index contributed by atoms with van der Waals surface area (Å²) in [4.78, 5) is 13.9. The fraction of sp³-hybridized carbons (Fsp3) is 0.267. The Morgan fingerprint density at radius 3 is 2.84 bits per heavy atom. The van der Waals surface area contributed by atoms with Crippen molar-refractivity contribution in [2.45, 2.75) is 19.8 Å². The highest BCUT2D eigenvalue weighted by Crippen LogP contribution is 2.18. The molecule has 1 aromatic heterocycles. The zero-order chi connectivity index (χ0) is 13.7. The summed E-state index contributed by atoms with van der Waals surface area (Å²) in [5.74, 6) is 0.609. The van der Waals surface area contributed by atoms with Crippen LogP contribution >= 0.6 is 22.9 Å². The van der Waals surface area contributed by atoms with Crippen LogP contribution in [-0.4, -0.2) is 11.8 Å². The van der Waals surface area contributed by atoms with Gasteiger partial charge < -0.3 is 5.32 Å². The number of aryl methyl sites for hydroxylation is 2. The molecule has 0 atom stereocenters. The third-order valence-corrected chi connectivity index (χ3v) is 4.01. The van der Waals surface area contributed by atoms with Gasteiger partial charge in [-0.1, -0.05) is 12.1 Å². The van der Waals surface area contributed by atoms with Gasteiger partial charge in [-0.2, -0.15) is 0 Å². The number of hydrogen-bond donors (Lipinski definition) is 1. The van der Waals surface area contributed by atoms with Crippen molar-refractivity contribution in [3.63, 3.8) is 0 Å². The molecule has 0 saturated carbocycles. The number of thiophene rings is 1. The van der Waals surface area contributed by atoms with Gasteiger partial charge in [-0.3, -0.25) is 4.79 Å². The summed E-state index contributed by atoms with van der Waals surface area (Å²) in [5.41, 5.74) is 2.03. The predicted molar refractivity (Wildman–Crippen MR) is 82.5 cm³/mol. The van der Waals surface area contributed by atoms with Crippen molar-refractivity contribution in [2.75, 3.05) is 11.2 Å². The summed E-state index contributed by atoms with van der Waals surface area (Å²) in [5, 5.41) is 2.93. The zero-order valence-electron chi connectivity index (χ0n) is 10.8. The topological polar surface area (TPSA) is 29.1 Å². The van der Waals surface area contributed by atoms with Crippen LogP contribution in [0.25, 0.3) is 0 Å². The first kappa shape index (κ1) is 14.1. The number of halogens is 1. The van der Waals surface area contributed by atoms with Crippen molar-refractivity contribution in [2.24, 2.45) is 0 Å². The molecule has 0 fully saturated rings. The van der Waals surface area contributed by atoms with Gasteiger partial charge in [0.05, 0.1) is 4.88 Å². The molecule has 0 saturated heterocycles. The SMILES string of the molecule is Cc1ccc(C(=O)Nc2cccc(CCCCl)c2)s1. The van der Waals surface area contributed by atoms with Crippen LogP contribution in [-0.2, 0) is 6.42 Å². The second kappa shape index (κ2) is 6.73. The standard InChI is InChI=1S/C15H16ClNOS/c1-11-7-8-14(19-11)15(18)17-13-6-2-4-12(10-13)5-3-9-16/h2,4,6-8,10H,3,5,9H2,1H3,(H,17,18). The lowest BCUT2D eigenvalue weighted by atomic mass is 10.1. The fourth-order valence-electron chi connectivity index (χ4n) is 1.82. The van der Waals surface area contributed by atoms with Crippen molar-refractivity contribution in [1.82, 2.24) is 0 Å². The molecule has 2 rings (SSSR count). The van der Waals surface area contributed by atoms with E-state index in [9.17, 15) is 4.79 Å². The third-order valence-electron chi connectivity index (χ3n) is 2.75. The summed E-state index contributed by atoms with van der Waals surface area (Å²) in [7, 11) is 0. The van der Waals surface area contributed by atoms with Crippen LogP contribution in [0.2, 0.25) is 0 Å². The first-order valence-electron chi connectivity index (χ1n) is 6.22. The Morgan fingerprint density at radius 2 is 2.16 bits per heavy atom. The Morgan fingerprint density at radius 1 is 1.32 bits per heavy atom. The Labute approximate surface area is 122 Å². The minimum atomic E-state index is -0.0485. The summed E-state index contributed by atoms with van der Waals surface area (Å²) < 4.78 is 0. The molecule has 2 aromatic rings. The van der Waals surface area contributed by atoms with Gasteiger partial charge in [-0.15, -0.1) is 22.9 Å². The van der Waals surface area contributed by atoms with Crippen molar-refractivity contribution in [1.29, 1.82) is 0 Å². The number of hydrogen-bond acceptors (Lipinski definition) is 2. The number of carbonyl (C=O) groups excluding carboxylic acids is 1. The Kier molecular flexibility index (Phi) is 5.00. The lowest BCUT2D eigenvalue weighted by molar-refractivity contribution is 0.103. The molecule has 1 N–H and O–H groups in total. The predicted octanol–water partition coefficient (Wildman–Crippen LogP) is 4.48. The first-order chi connectivity index (χ1) is 9.19. The lowest BCUT2D eigenvalue weighted by Gasteiger charge is -2.06. The second-order valence-electron chi connectivity index (χ2n) is 4.36. The summed E-state index contributed by atoms with van der Waals surface area (Å²) in [6.45, 7) is 1.99. The fourth-order valence-corrected chi connectivity index (χ4v) is 2.72. The number of anilines is 1. The van der Waals surface area contributed by atoms with Gasteiger partial charge in [-0.25, -0.2) is 0 Å². The molecule has 0 unspecified atom stereocenters. The van der Waals surface area contributed by atoms with Gasteiger partial charge in [0.15, 0.2) is 0 Å². The Hall–Kier alpha value is -1.32. The molecule has 0 radical (unpaired) electrons. The average Bonchev–Trinajstić information content (AvgIpc) is 2.83. The molecule has 0 aliphatic heterocycles. The Balaban J connectivity index is 2.04. The molecular weight excluding hydrogens is 278 g/mol. The molecule has 1 aromatic carbocycles. The van der Waals surface area contributed by atoms with E-state index in [0.717, 1.165) is 28.3 Å². The van der Waals surface area contributed by atoms with Gasteiger partial charge in [0.25, 0.3) is 5.91 Å². The van der Waals surface area contributed by atoms with Gasteiger partial charge in [0.1, 0.15) is 0 Å². The van der Waals surface area contributed by atoms with Gasteiger partial charge >= 0.3 is 0 Å². The van der Waals surface area contributed by atoms with Gasteiger partial charge in [-0.05, 0) is 49.6 Å². The van der Waals surface area contributed by atoms with E-state index in [1.54, 1.807) is 0 Å². The molecule has 4 heteroatoms. The van der Waals surface area contributed by atoms with Crippen LogP contribution < -0.4 is 5.32 Å². The van der Waals surface area contributed by atoms with Crippen LogP contribution in [0.15, 0.2) is 36.4 Å². The largest absolute Gasteiger partial charge is 0.321 e. The summed E-state index contributed by atoms with van der Waals surface area (Å²) in [6.07, 6.45) is 1.88. The lowest BCUT2D eigenvalue weighted by Crippen LogP contribution is -2.10. The number of benzene rings is 1. The molecule has 0 bridgehead atoms. The van der Waals surface area contributed by atoms with Gasteiger partial charge in [0, 0.05) is 16.4 Å². The minimum Gasteiger partial charge on any atom is -0.321 e. The number of carbonyl (C=O) groups is 1. The van der Waals surface area contributed by atoms with Gasteiger partial charge in [0.2, 0.25) is 0 Å². The number of nitrogens with one attached hydrogen (secondary N) is 1.